The summed E-state index contributed by atoms with van der Waals surface area (Å²) in [6.07, 6.45) is 1.51. The summed E-state index contributed by atoms with van der Waals surface area (Å²) in [5, 5.41) is 0.224. The van der Waals surface area contributed by atoms with Crippen molar-refractivity contribution in [3.63, 3.8) is 0 Å². The first-order valence-corrected chi connectivity index (χ1v) is 9.33. The molecule has 1 aliphatic rings. The number of halogens is 1. The van der Waals surface area contributed by atoms with Crippen molar-refractivity contribution in [1.82, 2.24) is 4.72 Å². The fraction of sp³-hybridized carbons (Fsp3) is 0.294. The average molecular weight is 352 g/mol. The maximum Gasteiger partial charge on any atom is 0.242 e. The van der Waals surface area contributed by atoms with Crippen LogP contribution in [0, 0.1) is 0 Å². The summed E-state index contributed by atoms with van der Waals surface area (Å²) in [5.74, 6) is 0.929. The lowest BCUT2D eigenvalue weighted by Gasteiger charge is -2.15. The highest BCUT2D eigenvalue weighted by Gasteiger charge is 2.20. The van der Waals surface area contributed by atoms with E-state index in [0.717, 1.165) is 17.7 Å². The van der Waals surface area contributed by atoms with E-state index in [0.29, 0.717) is 13.0 Å². The lowest BCUT2D eigenvalue weighted by Crippen LogP contribution is -2.34. The van der Waals surface area contributed by atoms with Crippen molar-refractivity contribution in [3.8, 4) is 5.75 Å². The van der Waals surface area contributed by atoms with E-state index < -0.39 is 10.0 Å². The molecule has 1 aliphatic heterocycles. The summed E-state index contributed by atoms with van der Waals surface area (Å²) >= 11 is 5.98. The van der Waals surface area contributed by atoms with E-state index in [1.807, 2.05) is 19.1 Å². The summed E-state index contributed by atoms with van der Waals surface area (Å²) in [4.78, 5) is 0.107. The predicted molar refractivity (Wildman–Crippen MR) is 90.6 cm³/mol. The van der Waals surface area contributed by atoms with Gasteiger partial charge in [-0.25, -0.2) is 13.1 Å². The number of hydrogen-bond donors (Lipinski definition) is 1. The Morgan fingerprint density at radius 2 is 2.04 bits per heavy atom. The smallest absolute Gasteiger partial charge is 0.242 e. The Morgan fingerprint density at radius 3 is 2.83 bits per heavy atom. The lowest BCUT2D eigenvalue weighted by atomic mass is 10.0. The second kappa shape index (κ2) is 6.51. The summed E-state index contributed by atoms with van der Waals surface area (Å²) in [5.41, 5.74) is 2.27. The van der Waals surface area contributed by atoms with Crippen LogP contribution < -0.4 is 9.46 Å². The maximum atomic E-state index is 12.4. The van der Waals surface area contributed by atoms with E-state index in [9.17, 15) is 8.42 Å². The van der Waals surface area contributed by atoms with Gasteiger partial charge in [-0.1, -0.05) is 35.9 Å². The average Bonchev–Trinajstić information content (AvgIpc) is 2.94. The molecule has 0 saturated heterocycles. The van der Waals surface area contributed by atoms with E-state index in [2.05, 4.69) is 10.8 Å². The molecule has 0 bridgehead atoms. The molecule has 1 atom stereocenters. The van der Waals surface area contributed by atoms with Gasteiger partial charge in [-0.15, -0.1) is 0 Å². The number of rotatable bonds is 5. The molecular weight excluding hydrogens is 334 g/mol. The maximum absolute atomic E-state index is 12.4. The Hall–Kier alpha value is -1.56. The third-order valence-corrected chi connectivity index (χ3v) is 5.87. The quantitative estimate of drug-likeness (QED) is 0.900. The molecule has 4 nitrogen and oxygen atoms in total. The molecule has 0 saturated carbocycles. The molecule has 122 valence electrons. The molecule has 3 rings (SSSR count). The predicted octanol–water partition coefficient (Wildman–Crippen LogP) is 3.18. The molecule has 0 fully saturated rings. The fourth-order valence-electron chi connectivity index (χ4n) is 2.75. The van der Waals surface area contributed by atoms with Crippen LogP contribution >= 0.6 is 11.6 Å². The summed E-state index contributed by atoms with van der Waals surface area (Å²) in [6, 6.07) is 12.2. The van der Waals surface area contributed by atoms with Gasteiger partial charge in [0.2, 0.25) is 10.0 Å². The summed E-state index contributed by atoms with van der Waals surface area (Å²) < 4.78 is 33.0. The molecule has 1 heterocycles. The topological polar surface area (TPSA) is 55.4 Å². The van der Waals surface area contributed by atoms with Crippen molar-refractivity contribution in [2.24, 2.45) is 0 Å². The minimum absolute atomic E-state index is 0.107. The highest BCUT2D eigenvalue weighted by atomic mass is 35.5. The van der Waals surface area contributed by atoms with Gasteiger partial charge in [0.15, 0.2) is 0 Å². The first kappa shape index (κ1) is 16.3. The molecule has 2 aromatic rings. The van der Waals surface area contributed by atoms with Crippen LogP contribution in [-0.2, 0) is 22.9 Å². The highest BCUT2D eigenvalue weighted by molar-refractivity contribution is 7.89. The van der Waals surface area contributed by atoms with Crippen molar-refractivity contribution < 1.29 is 13.2 Å². The number of benzene rings is 2. The monoisotopic (exact) mass is 351 g/mol. The normalized spacial score (nSPS) is 15.0. The molecule has 2 aromatic carbocycles. The van der Waals surface area contributed by atoms with Crippen LogP contribution in [0.4, 0.5) is 0 Å². The first-order valence-electron chi connectivity index (χ1n) is 7.47. The van der Waals surface area contributed by atoms with Gasteiger partial charge in [0.1, 0.15) is 10.6 Å². The number of ether oxygens (including phenoxy) is 1. The molecule has 1 N–H and O–H groups in total. The summed E-state index contributed by atoms with van der Waals surface area (Å²) in [6.45, 7) is 2.56. The zero-order valence-electron chi connectivity index (χ0n) is 12.8. The van der Waals surface area contributed by atoms with Gasteiger partial charge in [-0.2, -0.15) is 0 Å². The molecular formula is C17H18ClNO3S. The third kappa shape index (κ3) is 3.68. The highest BCUT2D eigenvalue weighted by Crippen LogP contribution is 2.26. The number of nitrogens with one attached hydrogen (secondary N) is 1. The molecule has 0 spiro atoms. The van der Waals surface area contributed by atoms with E-state index in [4.69, 9.17) is 16.3 Å². The Kier molecular flexibility index (Phi) is 4.62. The third-order valence-electron chi connectivity index (χ3n) is 3.78. The molecule has 0 radical (unpaired) electrons. The van der Waals surface area contributed by atoms with Gasteiger partial charge in [0.05, 0.1) is 11.6 Å². The SMILES string of the molecule is C[C@@H](Cc1ccc2c(c1)CCO2)NS(=O)(=O)c1ccccc1Cl. The fourth-order valence-corrected chi connectivity index (χ4v) is 4.52. The standard InChI is InChI=1S/C17H18ClNO3S/c1-12(10-13-6-7-16-14(11-13)8-9-22-16)19-23(20,21)17-5-3-2-4-15(17)18/h2-7,11-12,19H,8-10H2,1H3/t12-/m0/s1. The van der Waals surface area contributed by atoms with Crippen molar-refractivity contribution >= 4 is 21.6 Å². The molecule has 0 aromatic heterocycles. The van der Waals surface area contributed by atoms with Crippen molar-refractivity contribution in [1.29, 1.82) is 0 Å². The Labute approximate surface area is 141 Å². The molecule has 0 aliphatic carbocycles. The first-order chi connectivity index (χ1) is 11.0. The Morgan fingerprint density at radius 1 is 1.26 bits per heavy atom. The minimum Gasteiger partial charge on any atom is -0.493 e. The van der Waals surface area contributed by atoms with Crippen LogP contribution in [-0.4, -0.2) is 21.1 Å². The molecule has 0 unspecified atom stereocenters. The van der Waals surface area contributed by atoms with Crippen LogP contribution in [0.1, 0.15) is 18.1 Å². The van der Waals surface area contributed by atoms with Crippen molar-refractivity contribution in [2.45, 2.75) is 30.7 Å². The molecule has 0 amide bonds. The van der Waals surface area contributed by atoms with Crippen LogP contribution in [0.3, 0.4) is 0 Å². The van der Waals surface area contributed by atoms with Gasteiger partial charge < -0.3 is 4.74 Å². The Balaban J connectivity index is 1.72. The van der Waals surface area contributed by atoms with Crippen LogP contribution in [0.25, 0.3) is 0 Å². The Bertz CT molecular complexity index is 820. The molecule has 23 heavy (non-hydrogen) atoms. The van der Waals surface area contributed by atoms with Gasteiger partial charge in [0, 0.05) is 12.5 Å². The van der Waals surface area contributed by atoms with Crippen LogP contribution in [0.15, 0.2) is 47.4 Å². The number of sulfonamides is 1. The van der Waals surface area contributed by atoms with Gasteiger partial charge >= 0.3 is 0 Å². The lowest BCUT2D eigenvalue weighted by molar-refractivity contribution is 0.357. The van der Waals surface area contributed by atoms with Crippen molar-refractivity contribution in [3.05, 3.63) is 58.6 Å². The zero-order chi connectivity index (χ0) is 16.4. The number of hydrogen-bond acceptors (Lipinski definition) is 3. The van der Waals surface area contributed by atoms with Gasteiger partial charge in [-0.05, 0) is 42.7 Å². The van der Waals surface area contributed by atoms with E-state index >= 15 is 0 Å². The van der Waals surface area contributed by atoms with E-state index in [-0.39, 0.29) is 16.0 Å². The second-order valence-corrected chi connectivity index (χ2v) is 7.79. The zero-order valence-corrected chi connectivity index (χ0v) is 14.3. The van der Waals surface area contributed by atoms with E-state index in [1.54, 1.807) is 18.2 Å². The van der Waals surface area contributed by atoms with E-state index in [1.165, 1.54) is 11.6 Å². The van der Waals surface area contributed by atoms with Crippen LogP contribution in [0.5, 0.6) is 5.75 Å². The number of fused-ring (bicyclic) bond motifs is 1. The molecule has 6 heteroatoms. The van der Waals surface area contributed by atoms with Gasteiger partial charge in [-0.3, -0.25) is 0 Å². The van der Waals surface area contributed by atoms with Crippen LogP contribution in [0.2, 0.25) is 5.02 Å². The largest absolute Gasteiger partial charge is 0.493 e. The second-order valence-electron chi connectivity index (χ2n) is 5.70. The van der Waals surface area contributed by atoms with Crippen molar-refractivity contribution in [2.75, 3.05) is 6.61 Å². The summed E-state index contributed by atoms with van der Waals surface area (Å²) in [7, 11) is -3.63. The van der Waals surface area contributed by atoms with Gasteiger partial charge in [0.25, 0.3) is 0 Å². The minimum atomic E-state index is -3.63.